The van der Waals surface area contributed by atoms with E-state index in [0.717, 1.165) is 17.3 Å². The van der Waals surface area contributed by atoms with Gasteiger partial charge in [0, 0.05) is 17.4 Å². The van der Waals surface area contributed by atoms with Gasteiger partial charge in [-0.25, -0.2) is 0 Å². The Balaban J connectivity index is 2.26. The van der Waals surface area contributed by atoms with Crippen LogP contribution in [0, 0.1) is 0 Å². The van der Waals surface area contributed by atoms with Gasteiger partial charge in [0.25, 0.3) is 0 Å². The lowest BCUT2D eigenvalue weighted by Crippen LogP contribution is -2.35. The molecule has 1 aliphatic heterocycles. The molecule has 1 aromatic carbocycles. The molecule has 1 atom stereocenters. The smallest absolute Gasteiger partial charge is 0.122 e. The normalized spacial score (nSPS) is 22.5. The Morgan fingerprint density at radius 1 is 1.18 bits per heavy atom. The molecular weight excluding hydrogens is 234 g/mol. The summed E-state index contributed by atoms with van der Waals surface area (Å²) in [6, 6.07) is 6.03. The van der Waals surface area contributed by atoms with E-state index in [1.165, 1.54) is 5.56 Å². The van der Waals surface area contributed by atoms with Crippen LogP contribution in [0.4, 0.5) is 0 Å². The fourth-order valence-electron chi connectivity index (χ4n) is 1.89. The van der Waals surface area contributed by atoms with E-state index in [9.17, 15) is 0 Å². The Bertz CT molecular complexity index is 384. The van der Waals surface area contributed by atoms with Crippen molar-refractivity contribution >= 4 is 11.8 Å². The van der Waals surface area contributed by atoms with Crippen molar-refractivity contribution in [3.8, 4) is 11.5 Å². The first-order valence-electron chi connectivity index (χ1n) is 5.66. The van der Waals surface area contributed by atoms with Gasteiger partial charge in [-0.1, -0.05) is 0 Å². The third-order valence-electron chi connectivity index (χ3n) is 2.81. The standard InChI is InChI=1S/C13H19NO2S/c1-13(2)8-17-12(14-13)9-5-10(15-3)7-11(6-9)16-4/h5-7,12,14H,8H2,1-4H3. The van der Waals surface area contributed by atoms with Crippen molar-refractivity contribution in [3.63, 3.8) is 0 Å². The van der Waals surface area contributed by atoms with Gasteiger partial charge in [-0.2, -0.15) is 0 Å². The molecule has 3 nitrogen and oxygen atoms in total. The fourth-order valence-corrected chi connectivity index (χ4v) is 3.29. The zero-order valence-corrected chi connectivity index (χ0v) is 11.6. The van der Waals surface area contributed by atoms with Crippen molar-refractivity contribution in [1.82, 2.24) is 5.32 Å². The molecule has 1 unspecified atom stereocenters. The molecule has 0 bridgehead atoms. The minimum absolute atomic E-state index is 0.186. The molecule has 4 heteroatoms. The van der Waals surface area contributed by atoms with Crippen LogP contribution in [0.25, 0.3) is 0 Å². The maximum absolute atomic E-state index is 5.29. The molecule has 1 N–H and O–H groups in total. The lowest BCUT2D eigenvalue weighted by atomic mass is 10.1. The predicted molar refractivity (Wildman–Crippen MR) is 72.0 cm³/mol. The topological polar surface area (TPSA) is 30.5 Å². The van der Waals surface area contributed by atoms with E-state index in [1.54, 1.807) is 14.2 Å². The highest BCUT2D eigenvalue weighted by Crippen LogP contribution is 2.39. The van der Waals surface area contributed by atoms with E-state index in [-0.39, 0.29) is 5.54 Å². The Morgan fingerprint density at radius 2 is 1.76 bits per heavy atom. The number of nitrogens with one attached hydrogen (secondary N) is 1. The van der Waals surface area contributed by atoms with E-state index < -0.39 is 0 Å². The van der Waals surface area contributed by atoms with Gasteiger partial charge in [-0.05, 0) is 31.5 Å². The summed E-state index contributed by atoms with van der Waals surface area (Å²) in [5.74, 6) is 2.79. The number of benzene rings is 1. The Labute approximate surface area is 107 Å². The van der Waals surface area contributed by atoms with Crippen LogP contribution in [-0.4, -0.2) is 25.5 Å². The molecule has 0 amide bonds. The van der Waals surface area contributed by atoms with Crippen molar-refractivity contribution in [3.05, 3.63) is 23.8 Å². The maximum Gasteiger partial charge on any atom is 0.122 e. The van der Waals surface area contributed by atoms with Crippen LogP contribution < -0.4 is 14.8 Å². The number of rotatable bonds is 3. The van der Waals surface area contributed by atoms with Gasteiger partial charge in [-0.3, -0.25) is 5.32 Å². The van der Waals surface area contributed by atoms with Gasteiger partial charge in [0.05, 0.1) is 19.6 Å². The van der Waals surface area contributed by atoms with Crippen LogP contribution in [0.2, 0.25) is 0 Å². The molecule has 17 heavy (non-hydrogen) atoms. The first-order chi connectivity index (χ1) is 8.04. The molecule has 1 fully saturated rings. The number of ether oxygens (including phenoxy) is 2. The van der Waals surface area contributed by atoms with Gasteiger partial charge < -0.3 is 9.47 Å². The molecule has 94 valence electrons. The number of methoxy groups -OCH3 is 2. The van der Waals surface area contributed by atoms with Gasteiger partial charge in [0.2, 0.25) is 0 Å². The summed E-state index contributed by atoms with van der Waals surface area (Å²) < 4.78 is 10.6. The van der Waals surface area contributed by atoms with Gasteiger partial charge >= 0.3 is 0 Å². The lowest BCUT2D eigenvalue weighted by Gasteiger charge is -2.19. The van der Waals surface area contributed by atoms with Crippen LogP contribution in [0.5, 0.6) is 11.5 Å². The Hall–Kier alpha value is -0.870. The molecule has 0 aliphatic carbocycles. The highest BCUT2D eigenvalue weighted by atomic mass is 32.2. The minimum atomic E-state index is 0.186. The molecule has 0 aromatic heterocycles. The second-order valence-electron chi connectivity index (χ2n) is 4.87. The third kappa shape index (κ3) is 2.87. The van der Waals surface area contributed by atoms with E-state index >= 15 is 0 Å². The molecule has 1 aliphatic rings. The first-order valence-corrected chi connectivity index (χ1v) is 6.71. The van der Waals surface area contributed by atoms with Crippen molar-refractivity contribution < 1.29 is 9.47 Å². The number of hydrogen-bond acceptors (Lipinski definition) is 4. The minimum Gasteiger partial charge on any atom is -0.497 e. The van der Waals surface area contributed by atoms with E-state index in [4.69, 9.17) is 9.47 Å². The summed E-state index contributed by atoms with van der Waals surface area (Å²) in [4.78, 5) is 0. The number of hydrogen-bond donors (Lipinski definition) is 1. The van der Waals surface area contributed by atoms with Crippen LogP contribution in [0.15, 0.2) is 18.2 Å². The highest BCUT2D eigenvalue weighted by molar-refractivity contribution is 7.99. The summed E-state index contributed by atoms with van der Waals surface area (Å²) >= 11 is 1.92. The molecule has 1 aromatic rings. The van der Waals surface area contributed by atoms with Crippen LogP contribution in [0.1, 0.15) is 24.8 Å². The van der Waals surface area contributed by atoms with Gasteiger partial charge in [0.15, 0.2) is 0 Å². The van der Waals surface area contributed by atoms with Crippen LogP contribution in [0.3, 0.4) is 0 Å². The summed E-state index contributed by atoms with van der Waals surface area (Å²) in [6.07, 6.45) is 0. The molecule has 0 saturated carbocycles. The Morgan fingerprint density at radius 3 is 2.18 bits per heavy atom. The maximum atomic E-state index is 5.29. The van der Waals surface area contributed by atoms with Gasteiger partial charge in [0.1, 0.15) is 11.5 Å². The van der Waals surface area contributed by atoms with Crippen molar-refractivity contribution in [2.45, 2.75) is 24.8 Å². The predicted octanol–water partition coefficient (Wildman–Crippen LogP) is 2.82. The summed E-state index contributed by atoms with van der Waals surface area (Å²) in [5.41, 5.74) is 1.39. The summed E-state index contributed by atoms with van der Waals surface area (Å²) in [7, 11) is 3.36. The second kappa shape index (κ2) is 4.78. The zero-order chi connectivity index (χ0) is 12.5. The van der Waals surface area contributed by atoms with E-state index in [0.29, 0.717) is 5.37 Å². The van der Waals surface area contributed by atoms with Crippen molar-refractivity contribution in [2.24, 2.45) is 0 Å². The third-order valence-corrected chi connectivity index (χ3v) is 4.42. The molecule has 1 saturated heterocycles. The average Bonchev–Trinajstić information content (AvgIpc) is 2.69. The Kier molecular flexibility index (Phi) is 3.54. The van der Waals surface area contributed by atoms with E-state index in [2.05, 4.69) is 31.3 Å². The SMILES string of the molecule is COc1cc(OC)cc(C2NC(C)(C)CS2)c1. The first kappa shape index (κ1) is 12.6. The van der Waals surface area contributed by atoms with Crippen LogP contribution in [-0.2, 0) is 0 Å². The molecule has 2 rings (SSSR count). The molecule has 0 radical (unpaired) electrons. The summed E-state index contributed by atoms with van der Waals surface area (Å²) in [6.45, 7) is 4.44. The van der Waals surface area contributed by atoms with Crippen molar-refractivity contribution in [1.29, 1.82) is 0 Å². The highest BCUT2D eigenvalue weighted by Gasteiger charge is 2.31. The number of thioether (sulfide) groups is 1. The second-order valence-corrected chi connectivity index (χ2v) is 5.96. The van der Waals surface area contributed by atoms with Crippen molar-refractivity contribution in [2.75, 3.05) is 20.0 Å². The average molecular weight is 253 g/mol. The fraction of sp³-hybridized carbons (Fsp3) is 0.538. The quantitative estimate of drug-likeness (QED) is 0.897. The van der Waals surface area contributed by atoms with Crippen LogP contribution >= 0.6 is 11.8 Å². The monoisotopic (exact) mass is 253 g/mol. The molecular formula is C13H19NO2S. The zero-order valence-electron chi connectivity index (χ0n) is 10.7. The lowest BCUT2D eigenvalue weighted by molar-refractivity contribution is 0.391. The van der Waals surface area contributed by atoms with E-state index in [1.807, 2.05) is 17.8 Å². The summed E-state index contributed by atoms with van der Waals surface area (Å²) in [5, 5.41) is 3.91. The molecule has 1 heterocycles. The van der Waals surface area contributed by atoms with Gasteiger partial charge in [-0.15, -0.1) is 11.8 Å². The molecule has 0 spiro atoms. The largest absolute Gasteiger partial charge is 0.497 e.